The number of anilines is 1. The maximum Gasteiger partial charge on any atom is 0.214 e. The Labute approximate surface area is 113 Å². The Morgan fingerprint density at radius 2 is 2.21 bits per heavy atom. The first-order valence-electron chi connectivity index (χ1n) is 7.25. The van der Waals surface area contributed by atoms with Crippen molar-refractivity contribution in [1.29, 1.82) is 0 Å². The van der Waals surface area contributed by atoms with E-state index in [4.69, 9.17) is 4.74 Å². The van der Waals surface area contributed by atoms with Gasteiger partial charge in [-0.25, -0.2) is 4.98 Å². The number of rotatable bonds is 4. The predicted octanol–water partition coefficient (Wildman–Crippen LogP) is 3.37. The van der Waals surface area contributed by atoms with Gasteiger partial charge >= 0.3 is 0 Å². The summed E-state index contributed by atoms with van der Waals surface area (Å²) in [5.41, 5.74) is 0.254. The topological polar surface area (TPSA) is 34.1 Å². The number of hydrogen-bond donors (Lipinski definition) is 1. The van der Waals surface area contributed by atoms with Crippen molar-refractivity contribution in [2.75, 3.05) is 11.9 Å². The molecule has 4 heteroatoms. The third kappa shape index (κ3) is 2.22. The van der Waals surface area contributed by atoms with E-state index in [1.54, 1.807) is 6.07 Å². The Balaban J connectivity index is 1.72. The van der Waals surface area contributed by atoms with Crippen molar-refractivity contribution < 1.29 is 9.13 Å². The van der Waals surface area contributed by atoms with E-state index in [-0.39, 0.29) is 5.41 Å². The Morgan fingerprint density at radius 3 is 2.89 bits per heavy atom. The third-order valence-electron chi connectivity index (χ3n) is 4.72. The quantitative estimate of drug-likeness (QED) is 0.847. The highest BCUT2D eigenvalue weighted by molar-refractivity contribution is 5.38. The van der Waals surface area contributed by atoms with E-state index in [0.29, 0.717) is 18.0 Å². The average molecular weight is 264 g/mol. The summed E-state index contributed by atoms with van der Waals surface area (Å²) in [6.07, 6.45) is 6.35. The second-order valence-corrected chi connectivity index (χ2v) is 5.66. The highest BCUT2D eigenvalue weighted by Gasteiger charge is 2.56. The van der Waals surface area contributed by atoms with Gasteiger partial charge in [-0.15, -0.1) is 0 Å². The fourth-order valence-electron chi connectivity index (χ4n) is 3.76. The van der Waals surface area contributed by atoms with Crippen molar-refractivity contribution >= 4 is 5.82 Å². The summed E-state index contributed by atoms with van der Waals surface area (Å²) < 4.78 is 19.0. The number of pyridine rings is 1. The minimum absolute atomic E-state index is 0.254. The second kappa shape index (κ2) is 5.08. The number of halogens is 1. The SMILES string of the molecule is CCOC1CC(Nc2cccc(F)n2)C12CCCC2. The van der Waals surface area contributed by atoms with Crippen LogP contribution in [0.4, 0.5) is 10.2 Å². The monoisotopic (exact) mass is 264 g/mol. The number of aromatic nitrogens is 1. The van der Waals surface area contributed by atoms with E-state index in [2.05, 4.69) is 17.2 Å². The lowest BCUT2D eigenvalue weighted by molar-refractivity contribution is -0.114. The van der Waals surface area contributed by atoms with Crippen LogP contribution in [0, 0.1) is 11.4 Å². The van der Waals surface area contributed by atoms with Gasteiger partial charge in [-0.3, -0.25) is 0 Å². The van der Waals surface area contributed by atoms with Crippen molar-refractivity contribution in [3.8, 4) is 0 Å². The molecule has 2 aliphatic rings. The van der Waals surface area contributed by atoms with Crippen LogP contribution in [0.3, 0.4) is 0 Å². The molecule has 0 aromatic carbocycles. The highest BCUT2D eigenvalue weighted by Crippen LogP contribution is 2.55. The summed E-state index contributed by atoms with van der Waals surface area (Å²) in [5.74, 6) is 0.220. The number of nitrogens with one attached hydrogen (secondary N) is 1. The zero-order valence-corrected chi connectivity index (χ0v) is 11.4. The van der Waals surface area contributed by atoms with Crippen LogP contribution in [0.25, 0.3) is 0 Å². The van der Waals surface area contributed by atoms with E-state index < -0.39 is 5.95 Å². The summed E-state index contributed by atoms with van der Waals surface area (Å²) in [4.78, 5) is 3.90. The van der Waals surface area contributed by atoms with E-state index in [1.165, 1.54) is 31.7 Å². The minimum atomic E-state index is -0.425. The van der Waals surface area contributed by atoms with Crippen molar-refractivity contribution in [2.24, 2.45) is 5.41 Å². The van der Waals surface area contributed by atoms with Crippen LogP contribution in [0.1, 0.15) is 39.0 Å². The lowest BCUT2D eigenvalue weighted by Crippen LogP contribution is -2.60. The molecule has 3 rings (SSSR count). The van der Waals surface area contributed by atoms with Gasteiger partial charge in [-0.05, 0) is 38.3 Å². The lowest BCUT2D eigenvalue weighted by Gasteiger charge is -2.54. The molecule has 2 fully saturated rings. The summed E-state index contributed by atoms with van der Waals surface area (Å²) in [6, 6.07) is 5.28. The van der Waals surface area contributed by atoms with E-state index in [9.17, 15) is 4.39 Å². The predicted molar refractivity (Wildman–Crippen MR) is 72.5 cm³/mol. The molecule has 0 radical (unpaired) electrons. The normalized spacial score (nSPS) is 28.3. The molecule has 2 unspecified atom stereocenters. The van der Waals surface area contributed by atoms with Crippen LogP contribution in [0.15, 0.2) is 18.2 Å². The molecule has 2 saturated carbocycles. The first kappa shape index (κ1) is 12.9. The maximum absolute atomic E-state index is 13.1. The summed E-state index contributed by atoms with van der Waals surface area (Å²) in [6.45, 7) is 2.83. The van der Waals surface area contributed by atoms with Crippen molar-refractivity contribution in [3.05, 3.63) is 24.1 Å². The van der Waals surface area contributed by atoms with Crippen LogP contribution < -0.4 is 5.32 Å². The lowest BCUT2D eigenvalue weighted by atomic mass is 9.60. The zero-order chi connectivity index (χ0) is 13.3. The molecule has 1 N–H and O–H groups in total. The maximum atomic E-state index is 13.1. The van der Waals surface area contributed by atoms with Gasteiger partial charge in [0.2, 0.25) is 5.95 Å². The third-order valence-corrected chi connectivity index (χ3v) is 4.72. The van der Waals surface area contributed by atoms with Crippen LogP contribution in [0.5, 0.6) is 0 Å². The standard InChI is InChI=1S/C15H21FN2O/c1-2-19-12-10-11(15(12)8-3-4-9-15)17-14-7-5-6-13(16)18-14/h5-7,11-12H,2-4,8-10H2,1H3,(H,17,18). The summed E-state index contributed by atoms with van der Waals surface area (Å²) in [5, 5.41) is 3.41. The van der Waals surface area contributed by atoms with Gasteiger partial charge in [0.15, 0.2) is 0 Å². The van der Waals surface area contributed by atoms with Crippen LogP contribution in [-0.4, -0.2) is 23.7 Å². The fourth-order valence-corrected chi connectivity index (χ4v) is 3.76. The summed E-state index contributed by atoms with van der Waals surface area (Å²) in [7, 11) is 0. The van der Waals surface area contributed by atoms with Gasteiger partial charge < -0.3 is 10.1 Å². The van der Waals surface area contributed by atoms with Crippen LogP contribution >= 0.6 is 0 Å². The molecule has 1 aromatic rings. The van der Waals surface area contributed by atoms with Gasteiger partial charge in [0.05, 0.1) is 6.10 Å². The number of nitrogens with zero attached hydrogens (tertiary/aromatic N) is 1. The Bertz CT molecular complexity index is 446. The molecule has 0 amide bonds. The molecule has 0 aliphatic heterocycles. The minimum Gasteiger partial charge on any atom is -0.378 e. The first-order chi connectivity index (χ1) is 9.24. The second-order valence-electron chi connectivity index (χ2n) is 5.66. The van der Waals surface area contributed by atoms with Crippen molar-refractivity contribution in [1.82, 2.24) is 4.98 Å². The Kier molecular flexibility index (Phi) is 3.44. The van der Waals surface area contributed by atoms with Gasteiger partial charge in [0.1, 0.15) is 5.82 Å². The molecular weight excluding hydrogens is 243 g/mol. The number of ether oxygens (including phenoxy) is 1. The molecule has 2 atom stereocenters. The van der Waals surface area contributed by atoms with Gasteiger partial charge in [0, 0.05) is 18.1 Å². The van der Waals surface area contributed by atoms with Crippen molar-refractivity contribution in [2.45, 2.75) is 51.2 Å². The molecule has 0 bridgehead atoms. The Morgan fingerprint density at radius 1 is 1.42 bits per heavy atom. The molecule has 1 heterocycles. The Hall–Kier alpha value is -1.16. The fraction of sp³-hybridized carbons (Fsp3) is 0.667. The molecule has 1 aromatic heterocycles. The number of hydrogen-bond acceptors (Lipinski definition) is 3. The first-order valence-corrected chi connectivity index (χ1v) is 7.25. The molecule has 1 spiro atoms. The van der Waals surface area contributed by atoms with Crippen LogP contribution in [0.2, 0.25) is 0 Å². The molecule has 19 heavy (non-hydrogen) atoms. The van der Waals surface area contributed by atoms with Crippen LogP contribution in [-0.2, 0) is 4.74 Å². The molecule has 0 saturated heterocycles. The highest BCUT2D eigenvalue weighted by atomic mass is 19.1. The molecule has 3 nitrogen and oxygen atoms in total. The zero-order valence-electron chi connectivity index (χ0n) is 11.4. The average Bonchev–Trinajstić information content (AvgIpc) is 2.90. The van der Waals surface area contributed by atoms with Gasteiger partial charge in [0.25, 0.3) is 0 Å². The van der Waals surface area contributed by atoms with E-state index in [0.717, 1.165) is 13.0 Å². The largest absolute Gasteiger partial charge is 0.378 e. The van der Waals surface area contributed by atoms with E-state index >= 15 is 0 Å². The van der Waals surface area contributed by atoms with Gasteiger partial charge in [-0.2, -0.15) is 4.39 Å². The van der Waals surface area contributed by atoms with Gasteiger partial charge in [-0.1, -0.05) is 18.9 Å². The summed E-state index contributed by atoms with van der Waals surface area (Å²) >= 11 is 0. The molecular formula is C15H21FN2O. The van der Waals surface area contributed by atoms with Crippen molar-refractivity contribution in [3.63, 3.8) is 0 Å². The van der Waals surface area contributed by atoms with E-state index in [1.807, 2.05) is 6.07 Å². The molecule has 104 valence electrons. The molecule has 2 aliphatic carbocycles. The smallest absolute Gasteiger partial charge is 0.214 e.